The molecule has 5 rings (SSSR count). The Balaban J connectivity index is 1.63. The number of carbonyl (C=O) groups is 2. The predicted octanol–water partition coefficient (Wildman–Crippen LogP) is 5.56. The van der Waals surface area contributed by atoms with Gasteiger partial charge in [-0.05, 0) is 46.2 Å². The lowest BCUT2D eigenvalue weighted by Crippen LogP contribution is -2.51. The summed E-state index contributed by atoms with van der Waals surface area (Å²) < 4.78 is 17.6. The van der Waals surface area contributed by atoms with E-state index < -0.39 is 41.5 Å². The molecule has 2 aliphatic rings. The highest BCUT2D eigenvalue weighted by molar-refractivity contribution is 5.89. The standard InChI is InChI=1S/C36H45N3O6/c1-35(2,3)23-15-16-25(43-7)22(18-23)20-38-29-28(36(4,5)6)31(34(41)42)39(30(29)24-13-11-17-37-32(24)44-8)33(40)27-19-21-12-9-10-14-26(21)45-27/h9-18,27-31,38H,19-20H2,1-8H3,(H,41,42)/t27-,28-,29-,30-,31-/m0/s1. The summed E-state index contributed by atoms with van der Waals surface area (Å²) in [6, 6.07) is 15.0. The van der Waals surface area contributed by atoms with Crippen molar-refractivity contribution >= 4 is 11.9 Å². The lowest BCUT2D eigenvalue weighted by molar-refractivity contribution is -0.155. The maximum atomic E-state index is 14.6. The number of methoxy groups -OCH3 is 2. The molecule has 0 saturated carbocycles. The van der Waals surface area contributed by atoms with Crippen LogP contribution in [0.15, 0.2) is 60.8 Å². The van der Waals surface area contributed by atoms with Crippen LogP contribution in [0.2, 0.25) is 0 Å². The van der Waals surface area contributed by atoms with Crippen molar-refractivity contribution in [3.63, 3.8) is 0 Å². The number of para-hydroxylation sites is 1. The minimum Gasteiger partial charge on any atom is -0.496 e. The van der Waals surface area contributed by atoms with E-state index in [0.29, 0.717) is 30.2 Å². The van der Waals surface area contributed by atoms with Crippen molar-refractivity contribution in [1.82, 2.24) is 15.2 Å². The van der Waals surface area contributed by atoms with Crippen molar-refractivity contribution in [3.05, 3.63) is 83.0 Å². The van der Waals surface area contributed by atoms with E-state index >= 15 is 0 Å². The van der Waals surface area contributed by atoms with Crippen LogP contribution in [0.5, 0.6) is 17.4 Å². The Bertz CT molecular complexity index is 1530. The van der Waals surface area contributed by atoms with Crippen molar-refractivity contribution in [2.45, 2.75) is 84.2 Å². The van der Waals surface area contributed by atoms with Gasteiger partial charge in [-0.3, -0.25) is 4.79 Å². The fourth-order valence-electron chi connectivity index (χ4n) is 6.95. The number of benzene rings is 2. The van der Waals surface area contributed by atoms with Crippen LogP contribution in [0.1, 0.15) is 69.8 Å². The van der Waals surface area contributed by atoms with Crippen molar-refractivity contribution < 1.29 is 28.9 Å². The molecule has 9 heteroatoms. The highest BCUT2D eigenvalue weighted by Crippen LogP contribution is 2.50. The van der Waals surface area contributed by atoms with Gasteiger partial charge in [-0.15, -0.1) is 0 Å². The third kappa shape index (κ3) is 6.23. The lowest BCUT2D eigenvalue weighted by Gasteiger charge is -2.35. The number of amides is 1. The van der Waals surface area contributed by atoms with Crippen LogP contribution in [-0.4, -0.2) is 59.3 Å². The number of carboxylic acids is 1. The number of ether oxygens (including phenoxy) is 3. The fraction of sp³-hybridized carbons (Fsp3) is 0.472. The molecule has 3 aromatic rings. The van der Waals surface area contributed by atoms with E-state index in [-0.39, 0.29) is 11.3 Å². The lowest BCUT2D eigenvalue weighted by atomic mass is 9.72. The van der Waals surface area contributed by atoms with Gasteiger partial charge in [0.2, 0.25) is 5.88 Å². The summed E-state index contributed by atoms with van der Waals surface area (Å²) in [5.74, 6) is -0.215. The van der Waals surface area contributed by atoms with E-state index in [9.17, 15) is 14.7 Å². The number of nitrogens with zero attached hydrogens (tertiary/aromatic N) is 2. The van der Waals surface area contributed by atoms with Crippen LogP contribution in [0, 0.1) is 11.3 Å². The van der Waals surface area contributed by atoms with Crippen LogP contribution in [0.3, 0.4) is 0 Å². The largest absolute Gasteiger partial charge is 0.496 e. The quantitative estimate of drug-likeness (QED) is 0.339. The first kappa shape index (κ1) is 32.3. The van der Waals surface area contributed by atoms with E-state index in [4.69, 9.17) is 14.2 Å². The maximum Gasteiger partial charge on any atom is 0.326 e. The zero-order valence-corrected chi connectivity index (χ0v) is 27.5. The number of fused-ring (bicyclic) bond motifs is 1. The molecular formula is C36H45N3O6. The number of hydrogen-bond donors (Lipinski definition) is 2. The van der Waals surface area contributed by atoms with E-state index in [0.717, 1.165) is 22.4 Å². The highest BCUT2D eigenvalue weighted by Gasteiger charge is 2.59. The maximum absolute atomic E-state index is 14.6. The van der Waals surface area contributed by atoms with Gasteiger partial charge in [-0.2, -0.15) is 0 Å². The predicted molar refractivity (Wildman–Crippen MR) is 172 cm³/mol. The van der Waals surface area contributed by atoms with Gasteiger partial charge in [0.05, 0.1) is 20.3 Å². The second kappa shape index (κ2) is 12.4. The van der Waals surface area contributed by atoms with Crippen molar-refractivity contribution in [2.24, 2.45) is 11.3 Å². The monoisotopic (exact) mass is 615 g/mol. The van der Waals surface area contributed by atoms with Crippen LogP contribution in [0.25, 0.3) is 0 Å². The smallest absolute Gasteiger partial charge is 0.326 e. The van der Waals surface area contributed by atoms with Crippen molar-refractivity contribution in [3.8, 4) is 17.4 Å². The molecule has 1 fully saturated rings. The number of aromatic nitrogens is 1. The van der Waals surface area contributed by atoms with Gasteiger partial charge in [0.15, 0.2) is 6.10 Å². The number of likely N-dealkylation sites (tertiary alicyclic amines) is 1. The number of rotatable bonds is 8. The first-order valence-electron chi connectivity index (χ1n) is 15.5. The minimum absolute atomic E-state index is 0.0790. The Morgan fingerprint density at radius 1 is 1.02 bits per heavy atom. The highest BCUT2D eigenvalue weighted by atomic mass is 16.5. The number of nitrogens with one attached hydrogen (secondary N) is 1. The summed E-state index contributed by atoms with van der Waals surface area (Å²) in [6.45, 7) is 12.9. The molecule has 2 N–H and O–H groups in total. The van der Waals surface area contributed by atoms with E-state index in [2.05, 4.69) is 43.2 Å². The van der Waals surface area contributed by atoms with Crippen molar-refractivity contribution in [2.75, 3.05) is 14.2 Å². The Labute approximate surface area is 265 Å². The molecule has 1 saturated heterocycles. The van der Waals surface area contributed by atoms with Crippen LogP contribution in [-0.2, 0) is 28.0 Å². The number of hydrogen-bond acceptors (Lipinski definition) is 7. The summed E-state index contributed by atoms with van der Waals surface area (Å²) in [7, 11) is 3.18. The van der Waals surface area contributed by atoms with Gasteiger partial charge in [0, 0.05) is 42.2 Å². The molecule has 240 valence electrons. The summed E-state index contributed by atoms with van der Waals surface area (Å²) in [4.78, 5) is 33.9. The Kier molecular flexibility index (Phi) is 8.86. The van der Waals surface area contributed by atoms with Crippen LogP contribution in [0.4, 0.5) is 0 Å². The van der Waals surface area contributed by atoms with Gasteiger partial charge in [-0.1, -0.05) is 71.9 Å². The van der Waals surface area contributed by atoms with Crippen LogP contribution < -0.4 is 19.5 Å². The molecule has 0 aliphatic carbocycles. The van der Waals surface area contributed by atoms with Gasteiger partial charge in [0.25, 0.3) is 5.91 Å². The molecule has 45 heavy (non-hydrogen) atoms. The molecule has 9 nitrogen and oxygen atoms in total. The molecule has 2 aliphatic heterocycles. The Morgan fingerprint density at radius 2 is 1.76 bits per heavy atom. The molecule has 3 heterocycles. The zero-order chi connectivity index (χ0) is 32.7. The van der Waals surface area contributed by atoms with E-state index in [1.54, 1.807) is 19.4 Å². The third-order valence-electron chi connectivity index (χ3n) is 9.08. The third-order valence-corrected chi connectivity index (χ3v) is 9.08. The summed E-state index contributed by atoms with van der Waals surface area (Å²) in [6.07, 6.45) is 1.14. The molecule has 1 amide bonds. The molecular weight excluding hydrogens is 570 g/mol. The summed E-state index contributed by atoms with van der Waals surface area (Å²) in [5, 5.41) is 14.6. The topological polar surface area (TPSA) is 110 Å². The summed E-state index contributed by atoms with van der Waals surface area (Å²) in [5.41, 5.74) is 3.06. The number of aliphatic carboxylic acids is 1. The molecule has 2 aromatic carbocycles. The summed E-state index contributed by atoms with van der Waals surface area (Å²) >= 11 is 0. The average molecular weight is 616 g/mol. The first-order chi connectivity index (χ1) is 21.3. The van der Waals surface area contributed by atoms with Crippen LogP contribution >= 0.6 is 0 Å². The molecule has 0 radical (unpaired) electrons. The molecule has 0 bridgehead atoms. The molecule has 5 atom stereocenters. The number of carboxylic acid groups (broad SMARTS) is 1. The molecule has 0 spiro atoms. The van der Waals surface area contributed by atoms with E-state index in [1.807, 2.05) is 57.2 Å². The normalized spacial score (nSPS) is 22.9. The molecule has 1 aromatic heterocycles. The Morgan fingerprint density at radius 3 is 2.38 bits per heavy atom. The Hall–Kier alpha value is -4.11. The van der Waals surface area contributed by atoms with Crippen molar-refractivity contribution in [1.29, 1.82) is 0 Å². The fourth-order valence-corrected chi connectivity index (χ4v) is 6.95. The second-order valence-corrected chi connectivity index (χ2v) is 14.1. The van der Waals surface area contributed by atoms with Gasteiger partial charge in [-0.25, -0.2) is 9.78 Å². The van der Waals surface area contributed by atoms with E-state index in [1.165, 1.54) is 12.0 Å². The average Bonchev–Trinajstić information content (AvgIpc) is 3.59. The zero-order valence-electron chi connectivity index (χ0n) is 27.5. The first-order valence-corrected chi connectivity index (χ1v) is 15.5. The molecule has 0 unspecified atom stereocenters. The van der Waals surface area contributed by atoms with Gasteiger partial charge >= 0.3 is 5.97 Å². The van der Waals surface area contributed by atoms with Gasteiger partial charge < -0.3 is 29.5 Å². The second-order valence-electron chi connectivity index (χ2n) is 14.1. The number of carbonyl (C=O) groups excluding carboxylic acids is 1. The minimum atomic E-state index is -1.14. The van der Waals surface area contributed by atoms with Gasteiger partial charge in [0.1, 0.15) is 17.5 Å². The SMILES string of the molecule is COc1ccc(C(C)(C)C)cc1CN[C@H]1[C@H](C(C)(C)C)[C@@H](C(=O)O)N(C(=O)[C@@H]2Cc3ccccc3O2)[C@H]1c1cccnc1OC. The number of pyridine rings is 1.